The number of thiazole rings is 1. The van der Waals surface area contributed by atoms with Crippen LogP contribution in [0, 0.1) is 12.7 Å². The molecule has 0 saturated heterocycles. The average Bonchev–Trinajstić information content (AvgIpc) is 3.35. The first kappa shape index (κ1) is 22.2. The lowest BCUT2D eigenvalue weighted by Crippen LogP contribution is -2.32. The molecular weight excluding hydrogens is 446 g/mol. The molecule has 0 atom stereocenters. The lowest BCUT2D eigenvalue weighted by Gasteiger charge is -2.20. The van der Waals surface area contributed by atoms with E-state index in [1.54, 1.807) is 17.4 Å². The zero-order valence-electron chi connectivity index (χ0n) is 16.1. The molecule has 0 aliphatic heterocycles. The summed E-state index contributed by atoms with van der Waals surface area (Å²) in [5.41, 5.74) is 2.19. The maximum atomic E-state index is 13.5. The Balaban J connectivity index is 0.00000256. The number of benzene rings is 2. The quantitative estimate of drug-likeness (QED) is 0.364. The van der Waals surface area contributed by atoms with Gasteiger partial charge in [-0.1, -0.05) is 35.1 Å². The summed E-state index contributed by atoms with van der Waals surface area (Å²) in [6, 6.07) is 9.77. The molecule has 0 bridgehead atoms. The highest BCUT2D eigenvalue weighted by atomic mass is 35.5. The van der Waals surface area contributed by atoms with Gasteiger partial charge in [-0.2, -0.15) is 0 Å². The Morgan fingerprint density at radius 3 is 2.83 bits per heavy atom. The van der Waals surface area contributed by atoms with Crippen LogP contribution in [-0.2, 0) is 6.54 Å². The van der Waals surface area contributed by atoms with E-state index in [1.165, 1.54) is 23.5 Å². The van der Waals surface area contributed by atoms with Gasteiger partial charge in [0, 0.05) is 25.5 Å². The van der Waals surface area contributed by atoms with Crippen molar-refractivity contribution in [2.75, 3.05) is 11.4 Å². The first-order valence-electron chi connectivity index (χ1n) is 9.12. The van der Waals surface area contributed by atoms with Gasteiger partial charge in [-0.05, 0) is 43.2 Å². The van der Waals surface area contributed by atoms with Gasteiger partial charge in [0.25, 0.3) is 5.91 Å². The van der Waals surface area contributed by atoms with E-state index in [4.69, 9.17) is 16.6 Å². The van der Waals surface area contributed by atoms with Crippen LogP contribution < -0.4 is 4.90 Å². The van der Waals surface area contributed by atoms with Crippen LogP contribution in [0.3, 0.4) is 0 Å². The lowest BCUT2D eigenvalue weighted by molar-refractivity contribution is 0.0986. The number of halogens is 3. The summed E-state index contributed by atoms with van der Waals surface area (Å²) >= 11 is 7.62. The Hall–Kier alpha value is -2.48. The molecule has 0 fully saturated rings. The summed E-state index contributed by atoms with van der Waals surface area (Å²) in [5.74, 6) is -0.772. The van der Waals surface area contributed by atoms with Gasteiger partial charge in [-0.3, -0.25) is 9.69 Å². The minimum absolute atomic E-state index is 0. The molecule has 4 rings (SSSR count). The molecule has 0 N–H and O–H groups in total. The number of rotatable bonds is 6. The molecule has 2 heterocycles. The zero-order valence-corrected chi connectivity index (χ0v) is 18.5. The van der Waals surface area contributed by atoms with Crippen LogP contribution in [0.5, 0.6) is 0 Å². The number of anilines is 1. The second-order valence-corrected chi connectivity index (χ2v) is 8.07. The Labute approximate surface area is 188 Å². The van der Waals surface area contributed by atoms with Crippen molar-refractivity contribution in [1.29, 1.82) is 0 Å². The molecule has 0 spiro atoms. The van der Waals surface area contributed by atoms with E-state index in [9.17, 15) is 9.18 Å². The number of carbonyl (C=O) groups is 1. The minimum Gasteiger partial charge on any atom is -0.337 e. The van der Waals surface area contributed by atoms with E-state index in [0.717, 1.165) is 21.8 Å². The van der Waals surface area contributed by atoms with Gasteiger partial charge in [-0.15, -0.1) is 12.4 Å². The fourth-order valence-corrected chi connectivity index (χ4v) is 4.43. The molecular formula is C21H19Cl2FN4OS. The molecule has 0 radical (unpaired) electrons. The van der Waals surface area contributed by atoms with Crippen molar-refractivity contribution in [3.8, 4) is 0 Å². The number of para-hydroxylation sites is 1. The number of amides is 1. The van der Waals surface area contributed by atoms with Crippen molar-refractivity contribution >= 4 is 56.6 Å². The van der Waals surface area contributed by atoms with E-state index in [2.05, 4.69) is 4.98 Å². The van der Waals surface area contributed by atoms with Crippen LogP contribution in [0.1, 0.15) is 22.3 Å². The van der Waals surface area contributed by atoms with Gasteiger partial charge in [-0.25, -0.2) is 14.4 Å². The molecule has 2 aromatic carbocycles. The predicted molar refractivity (Wildman–Crippen MR) is 122 cm³/mol. The maximum Gasteiger partial charge on any atom is 0.261 e. The van der Waals surface area contributed by atoms with E-state index < -0.39 is 5.82 Å². The van der Waals surface area contributed by atoms with Gasteiger partial charge < -0.3 is 4.57 Å². The largest absolute Gasteiger partial charge is 0.337 e. The fraction of sp³-hybridized carbons (Fsp3) is 0.190. The third kappa shape index (κ3) is 4.64. The normalized spacial score (nSPS) is 10.8. The number of carbonyl (C=O) groups excluding carboxylic acids is 1. The van der Waals surface area contributed by atoms with Gasteiger partial charge in [0.2, 0.25) is 0 Å². The van der Waals surface area contributed by atoms with Crippen molar-refractivity contribution in [2.45, 2.75) is 19.9 Å². The zero-order chi connectivity index (χ0) is 20.4. The lowest BCUT2D eigenvalue weighted by atomic mass is 10.2. The molecule has 4 aromatic rings. The van der Waals surface area contributed by atoms with E-state index in [-0.39, 0.29) is 28.9 Å². The first-order valence-corrected chi connectivity index (χ1v) is 10.3. The number of hydrogen-bond acceptors (Lipinski definition) is 4. The van der Waals surface area contributed by atoms with Crippen LogP contribution in [-0.4, -0.2) is 27.0 Å². The molecule has 1 amide bonds. The SMILES string of the molecule is Cc1cccc2sc(N(CCCn3ccnc3)C(=O)c3ccc(F)cc3Cl)nc12.Cl. The minimum atomic E-state index is -0.478. The Kier molecular flexibility index (Phi) is 7.07. The van der Waals surface area contributed by atoms with Crippen LogP contribution >= 0.6 is 35.3 Å². The molecule has 0 aliphatic rings. The number of imidazole rings is 1. The monoisotopic (exact) mass is 464 g/mol. The average molecular weight is 465 g/mol. The van der Waals surface area contributed by atoms with Crippen molar-refractivity contribution in [3.05, 3.63) is 77.1 Å². The number of aryl methyl sites for hydroxylation is 2. The summed E-state index contributed by atoms with van der Waals surface area (Å²) in [6.07, 6.45) is 6.04. The molecule has 5 nitrogen and oxygen atoms in total. The van der Waals surface area contributed by atoms with E-state index in [0.29, 0.717) is 24.6 Å². The highest BCUT2D eigenvalue weighted by Gasteiger charge is 2.23. The molecule has 156 valence electrons. The molecule has 0 saturated carbocycles. The maximum absolute atomic E-state index is 13.5. The van der Waals surface area contributed by atoms with Crippen molar-refractivity contribution in [2.24, 2.45) is 0 Å². The first-order chi connectivity index (χ1) is 14.0. The van der Waals surface area contributed by atoms with Crippen molar-refractivity contribution in [3.63, 3.8) is 0 Å². The van der Waals surface area contributed by atoms with Gasteiger partial charge in [0.05, 0.1) is 27.1 Å². The third-order valence-corrected chi connectivity index (χ3v) is 5.96. The van der Waals surface area contributed by atoms with Crippen LogP contribution in [0.2, 0.25) is 5.02 Å². The molecule has 0 unspecified atom stereocenters. The smallest absolute Gasteiger partial charge is 0.261 e. The number of hydrogen-bond donors (Lipinski definition) is 0. The summed E-state index contributed by atoms with van der Waals surface area (Å²) in [7, 11) is 0. The van der Waals surface area contributed by atoms with Gasteiger partial charge in [0.1, 0.15) is 5.82 Å². The summed E-state index contributed by atoms with van der Waals surface area (Å²) in [5, 5.41) is 0.692. The summed E-state index contributed by atoms with van der Waals surface area (Å²) in [4.78, 5) is 23.7. The Bertz CT molecular complexity index is 1160. The molecule has 9 heteroatoms. The van der Waals surface area contributed by atoms with E-state index >= 15 is 0 Å². The topological polar surface area (TPSA) is 51.0 Å². The van der Waals surface area contributed by atoms with Gasteiger partial charge in [0.15, 0.2) is 5.13 Å². The highest BCUT2D eigenvalue weighted by molar-refractivity contribution is 7.22. The van der Waals surface area contributed by atoms with E-state index in [1.807, 2.05) is 35.9 Å². The van der Waals surface area contributed by atoms with Crippen molar-refractivity contribution in [1.82, 2.24) is 14.5 Å². The second-order valence-electron chi connectivity index (χ2n) is 6.65. The summed E-state index contributed by atoms with van der Waals surface area (Å²) < 4.78 is 16.4. The van der Waals surface area contributed by atoms with Crippen LogP contribution in [0.25, 0.3) is 10.2 Å². The second kappa shape index (κ2) is 9.55. The fourth-order valence-electron chi connectivity index (χ4n) is 3.11. The Morgan fingerprint density at radius 2 is 2.13 bits per heavy atom. The number of nitrogens with zero attached hydrogens (tertiary/aromatic N) is 4. The van der Waals surface area contributed by atoms with Gasteiger partial charge >= 0.3 is 0 Å². The molecule has 30 heavy (non-hydrogen) atoms. The van der Waals surface area contributed by atoms with Crippen molar-refractivity contribution < 1.29 is 9.18 Å². The molecule has 2 aromatic heterocycles. The molecule has 0 aliphatic carbocycles. The Morgan fingerprint density at radius 1 is 1.30 bits per heavy atom. The number of aromatic nitrogens is 3. The standard InChI is InChI=1S/C21H18ClFN4OS.ClH/c1-14-4-2-5-18-19(14)25-21(29-18)27(10-3-9-26-11-8-24-13-26)20(28)16-7-6-15(23)12-17(16)22;/h2,4-8,11-13H,3,9-10H2,1H3;1H. The van der Waals surface area contributed by atoms with Crippen LogP contribution in [0.4, 0.5) is 9.52 Å². The third-order valence-electron chi connectivity index (χ3n) is 4.60. The summed E-state index contributed by atoms with van der Waals surface area (Å²) in [6.45, 7) is 3.16. The van der Waals surface area contributed by atoms with Crippen LogP contribution in [0.15, 0.2) is 55.1 Å². The number of fused-ring (bicyclic) bond motifs is 1. The predicted octanol–water partition coefficient (Wildman–Crippen LogP) is 5.75. The highest BCUT2D eigenvalue weighted by Crippen LogP contribution is 2.32.